The number of hydrogen-bond acceptors (Lipinski definition) is 4. The number of nitrogens with one attached hydrogen (secondary N) is 1. The molecule has 1 aromatic rings. The molecule has 0 radical (unpaired) electrons. The first-order valence-electron chi connectivity index (χ1n) is 6.10. The number of nitriles is 1. The van der Waals surface area contributed by atoms with Crippen molar-refractivity contribution in [3.05, 3.63) is 22.2 Å². The van der Waals surface area contributed by atoms with Gasteiger partial charge >= 0.3 is 0 Å². The molecule has 0 saturated carbocycles. The highest BCUT2D eigenvalue weighted by molar-refractivity contribution is 9.10. The Morgan fingerprint density at radius 2 is 2.32 bits per heavy atom. The molecular formula is C13H15BrN4O. The van der Waals surface area contributed by atoms with Gasteiger partial charge in [-0.3, -0.25) is 4.79 Å². The lowest BCUT2D eigenvalue weighted by Crippen LogP contribution is -2.24. The fourth-order valence-electron chi connectivity index (χ4n) is 2.17. The third-order valence-electron chi connectivity index (χ3n) is 3.21. The molecular weight excluding hydrogens is 308 g/mol. The SMILES string of the molecule is CCN(CCC#N)c1cc2c(cc1Br)C(N)C(=O)N2. The first-order chi connectivity index (χ1) is 9.08. The van der Waals surface area contributed by atoms with Crippen molar-refractivity contribution in [3.63, 3.8) is 0 Å². The zero-order valence-corrected chi connectivity index (χ0v) is 12.2. The summed E-state index contributed by atoms with van der Waals surface area (Å²) in [6, 6.07) is 5.32. The van der Waals surface area contributed by atoms with E-state index in [-0.39, 0.29) is 5.91 Å². The third-order valence-corrected chi connectivity index (χ3v) is 3.85. The van der Waals surface area contributed by atoms with Crippen LogP contribution in [-0.2, 0) is 4.79 Å². The largest absolute Gasteiger partial charge is 0.370 e. The molecule has 6 heteroatoms. The average molecular weight is 323 g/mol. The monoisotopic (exact) mass is 322 g/mol. The predicted octanol–water partition coefficient (Wildman–Crippen LogP) is 2.14. The summed E-state index contributed by atoms with van der Waals surface area (Å²) in [7, 11) is 0. The smallest absolute Gasteiger partial charge is 0.245 e. The van der Waals surface area contributed by atoms with Gasteiger partial charge in [-0.2, -0.15) is 5.26 Å². The average Bonchev–Trinajstić information content (AvgIpc) is 2.66. The van der Waals surface area contributed by atoms with Crippen LogP contribution in [0, 0.1) is 11.3 Å². The Hall–Kier alpha value is -1.58. The van der Waals surface area contributed by atoms with Gasteiger partial charge in [-0.15, -0.1) is 0 Å². The molecule has 0 aromatic heterocycles. The molecule has 1 amide bonds. The summed E-state index contributed by atoms with van der Waals surface area (Å²) in [5.74, 6) is -0.181. The molecule has 0 aliphatic carbocycles. The van der Waals surface area contributed by atoms with E-state index < -0.39 is 6.04 Å². The van der Waals surface area contributed by atoms with Crippen LogP contribution in [0.1, 0.15) is 24.9 Å². The van der Waals surface area contributed by atoms with Crippen LogP contribution in [0.4, 0.5) is 11.4 Å². The van der Waals surface area contributed by atoms with E-state index in [0.29, 0.717) is 13.0 Å². The molecule has 1 aromatic carbocycles. The summed E-state index contributed by atoms with van der Waals surface area (Å²) < 4.78 is 0.887. The van der Waals surface area contributed by atoms with E-state index in [1.165, 1.54) is 0 Å². The number of amides is 1. The number of anilines is 2. The summed E-state index contributed by atoms with van der Waals surface area (Å²) in [6.07, 6.45) is 0.462. The zero-order chi connectivity index (χ0) is 14.0. The summed E-state index contributed by atoms with van der Waals surface area (Å²) in [4.78, 5) is 13.6. The van der Waals surface area contributed by atoms with Crippen molar-refractivity contribution in [2.75, 3.05) is 23.3 Å². The van der Waals surface area contributed by atoms with Gasteiger partial charge in [0.1, 0.15) is 6.04 Å². The first kappa shape index (κ1) is 13.8. The van der Waals surface area contributed by atoms with Gasteiger partial charge in [-0.25, -0.2) is 0 Å². The fourth-order valence-corrected chi connectivity index (χ4v) is 2.78. The van der Waals surface area contributed by atoms with Crippen LogP contribution in [0.25, 0.3) is 0 Å². The summed E-state index contributed by atoms with van der Waals surface area (Å²) in [5, 5.41) is 11.5. The van der Waals surface area contributed by atoms with Crippen LogP contribution < -0.4 is 16.0 Å². The molecule has 1 aliphatic heterocycles. The van der Waals surface area contributed by atoms with Gasteiger partial charge in [0.05, 0.1) is 18.2 Å². The van der Waals surface area contributed by atoms with E-state index in [4.69, 9.17) is 11.0 Å². The maximum Gasteiger partial charge on any atom is 0.245 e. The highest BCUT2D eigenvalue weighted by Crippen LogP contribution is 2.38. The van der Waals surface area contributed by atoms with Gasteiger partial charge < -0.3 is 16.0 Å². The van der Waals surface area contributed by atoms with E-state index in [1.807, 2.05) is 19.1 Å². The molecule has 0 saturated heterocycles. The van der Waals surface area contributed by atoms with Crippen molar-refractivity contribution in [2.24, 2.45) is 5.73 Å². The second-order valence-electron chi connectivity index (χ2n) is 4.35. The van der Waals surface area contributed by atoms with Crippen molar-refractivity contribution >= 4 is 33.2 Å². The summed E-state index contributed by atoms with van der Waals surface area (Å²) in [6.45, 7) is 3.48. The Labute approximate surface area is 120 Å². The van der Waals surface area contributed by atoms with Gasteiger partial charge in [0.25, 0.3) is 0 Å². The second kappa shape index (κ2) is 5.59. The standard InChI is InChI=1S/C13H15BrN4O/c1-2-18(5-3-4-15)11-7-10-8(6-9(11)14)12(16)13(19)17-10/h6-7,12H,2-3,5,16H2,1H3,(H,17,19). The highest BCUT2D eigenvalue weighted by atomic mass is 79.9. The molecule has 19 heavy (non-hydrogen) atoms. The quantitative estimate of drug-likeness (QED) is 0.889. The topological polar surface area (TPSA) is 82.2 Å². The molecule has 0 bridgehead atoms. The van der Waals surface area contributed by atoms with E-state index in [2.05, 4.69) is 32.2 Å². The molecule has 2 rings (SSSR count). The van der Waals surface area contributed by atoms with Gasteiger partial charge in [-0.1, -0.05) is 0 Å². The van der Waals surface area contributed by atoms with Crippen LogP contribution in [0.15, 0.2) is 16.6 Å². The minimum atomic E-state index is -0.602. The first-order valence-corrected chi connectivity index (χ1v) is 6.89. The molecule has 1 heterocycles. The normalized spacial score (nSPS) is 16.7. The fraction of sp³-hybridized carbons (Fsp3) is 0.385. The lowest BCUT2D eigenvalue weighted by atomic mass is 10.1. The van der Waals surface area contributed by atoms with Crippen LogP contribution in [0.3, 0.4) is 0 Å². The lowest BCUT2D eigenvalue weighted by Gasteiger charge is -2.24. The number of nitrogens with zero attached hydrogens (tertiary/aromatic N) is 2. The van der Waals surface area contributed by atoms with Crippen molar-refractivity contribution in [2.45, 2.75) is 19.4 Å². The number of rotatable bonds is 4. The Bertz CT molecular complexity index is 552. The number of carbonyl (C=O) groups is 1. The van der Waals surface area contributed by atoms with Gasteiger partial charge in [0, 0.05) is 28.8 Å². The number of halogens is 1. The lowest BCUT2D eigenvalue weighted by molar-refractivity contribution is -0.116. The number of hydrogen-bond donors (Lipinski definition) is 2. The number of benzene rings is 1. The van der Waals surface area contributed by atoms with Crippen molar-refractivity contribution < 1.29 is 4.79 Å². The Balaban J connectivity index is 2.36. The van der Waals surface area contributed by atoms with E-state index >= 15 is 0 Å². The van der Waals surface area contributed by atoms with Gasteiger partial charge in [0.15, 0.2) is 0 Å². The Morgan fingerprint density at radius 1 is 1.58 bits per heavy atom. The predicted molar refractivity (Wildman–Crippen MR) is 77.8 cm³/mol. The van der Waals surface area contributed by atoms with Gasteiger partial charge in [0.2, 0.25) is 5.91 Å². The molecule has 1 aliphatic rings. The van der Waals surface area contributed by atoms with Crippen LogP contribution >= 0.6 is 15.9 Å². The third kappa shape index (κ3) is 2.57. The van der Waals surface area contributed by atoms with E-state index in [1.54, 1.807) is 0 Å². The molecule has 0 spiro atoms. The Kier molecular flexibility index (Phi) is 4.08. The van der Waals surface area contributed by atoms with Crippen molar-refractivity contribution in [3.8, 4) is 6.07 Å². The number of nitrogens with two attached hydrogens (primary N) is 1. The zero-order valence-electron chi connectivity index (χ0n) is 10.6. The number of fused-ring (bicyclic) bond motifs is 1. The second-order valence-corrected chi connectivity index (χ2v) is 5.20. The van der Waals surface area contributed by atoms with Gasteiger partial charge in [-0.05, 0) is 35.0 Å². The van der Waals surface area contributed by atoms with Crippen LogP contribution in [0.5, 0.6) is 0 Å². The molecule has 3 N–H and O–H groups in total. The Morgan fingerprint density at radius 3 is 2.95 bits per heavy atom. The number of carbonyl (C=O) groups excluding carboxylic acids is 1. The van der Waals surface area contributed by atoms with Crippen LogP contribution in [-0.4, -0.2) is 19.0 Å². The molecule has 5 nitrogen and oxygen atoms in total. The highest BCUT2D eigenvalue weighted by Gasteiger charge is 2.28. The summed E-state index contributed by atoms with van der Waals surface area (Å²) in [5.41, 5.74) is 8.33. The summed E-state index contributed by atoms with van der Waals surface area (Å²) >= 11 is 3.51. The maximum absolute atomic E-state index is 11.6. The van der Waals surface area contributed by atoms with E-state index in [9.17, 15) is 4.79 Å². The molecule has 1 unspecified atom stereocenters. The maximum atomic E-state index is 11.6. The minimum Gasteiger partial charge on any atom is -0.370 e. The van der Waals surface area contributed by atoms with E-state index in [0.717, 1.165) is 28.0 Å². The minimum absolute atomic E-state index is 0.181. The van der Waals surface area contributed by atoms with Crippen molar-refractivity contribution in [1.29, 1.82) is 5.26 Å². The van der Waals surface area contributed by atoms with Crippen molar-refractivity contribution in [1.82, 2.24) is 0 Å². The molecule has 100 valence electrons. The molecule has 1 atom stereocenters. The molecule has 0 fully saturated rings. The van der Waals surface area contributed by atoms with Crippen LogP contribution in [0.2, 0.25) is 0 Å².